The van der Waals surface area contributed by atoms with Gasteiger partial charge >= 0.3 is 0 Å². The molecule has 0 spiro atoms. The Labute approximate surface area is 108 Å². The van der Waals surface area contributed by atoms with Crippen molar-refractivity contribution in [2.24, 2.45) is 0 Å². The molecule has 0 fully saturated rings. The SMILES string of the molecule is CC(=O)c1ccc(OCc2csc(C)n2)c(F)c1. The molecule has 0 bridgehead atoms. The normalized spacial score (nSPS) is 10.4. The number of Topliss-reactive ketones (excluding diaryl/α,β-unsaturated/α-hetero) is 1. The average molecular weight is 265 g/mol. The zero-order valence-corrected chi connectivity index (χ0v) is 10.9. The fourth-order valence-corrected chi connectivity index (χ4v) is 2.06. The van der Waals surface area contributed by atoms with Crippen LogP contribution in [0.4, 0.5) is 4.39 Å². The van der Waals surface area contributed by atoms with Crippen molar-refractivity contribution in [3.63, 3.8) is 0 Å². The number of ether oxygens (including phenoxy) is 1. The van der Waals surface area contributed by atoms with E-state index in [0.29, 0.717) is 5.56 Å². The number of benzene rings is 1. The number of hydrogen-bond acceptors (Lipinski definition) is 4. The Kier molecular flexibility index (Phi) is 3.72. The molecule has 3 nitrogen and oxygen atoms in total. The fourth-order valence-electron chi connectivity index (χ4n) is 1.46. The highest BCUT2D eigenvalue weighted by molar-refractivity contribution is 7.09. The molecule has 0 amide bonds. The highest BCUT2D eigenvalue weighted by atomic mass is 32.1. The van der Waals surface area contributed by atoms with Crippen molar-refractivity contribution in [2.45, 2.75) is 20.5 Å². The van der Waals surface area contributed by atoms with E-state index in [1.807, 2.05) is 12.3 Å². The van der Waals surface area contributed by atoms with Crippen molar-refractivity contribution in [1.29, 1.82) is 0 Å². The van der Waals surface area contributed by atoms with E-state index in [2.05, 4.69) is 4.98 Å². The van der Waals surface area contributed by atoms with E-state index >= 15 is 0 Å². The Morgan fingerprint density at radius 1 is 1.50 bits per heavy atom. The Hall–Kier alpha value is -1.75. The average Bonchev–Trinajstić information content (AvgIpc) is 2.73. The number of thiazole rings is 1. The molecule has 0 saturated heterocycles. The van der Waals surface area contributed by atoms with Crippen molar-refractivity contribution >= 4 is 17.1 Å². The minimum absolute atomic E-state index is 0.130. The maximum absolute atomic E-state index is 13.6. The molecule has 0 atom stereocenters. The molecule has 2 rings (SSSR count). The molecule has 1 aromatic carbocycles. The van der Waals surface area contributed by atoms with Crippen molar-refractivity contribution in [3.05, 3.63) is 45.7 Å². The second-order valence-electron chi connectivity index (χ2n) is 3.85. The van der Waals surface area contributed by atoms with E-state index < -0.39 is 5.82 Å². The maximum Gasteiger partial charge on any atom is 0.165 e. The number of rotatable bonds is 4. The van der Waals surface area contributed by atoms with Gasteiger partial charge in [-0.1, -0.05) is 0 Å². The quantitative estimate of drug-likeness (QED) is 0.796. The van der Waals surface area contributed by atoms with Crippen molar-refractivity contribution < 1.29 is 13.9 Å². The smallest absolute Gasteiger partial charge is 0.165 e. The van der Waals surface area contributed by atoms with Gasteiger partial charge < -0.3 is 4.74 Å². The van der Waals surface area contributed by atoms with E-state index in [4.69, 9.17) is 4.74 Å². The molecule has 5 heteroatoms. The summed E-state index contributed by atoms with van der Waals surface area (Å²) in [6, 6.07) is 4.20. The fraction of sp³-hybridized carbons (Fsp3) is 0.231. The molecule has 0 aliphatic heterocycles. The Bertz CT molecular complexity index is 580. The van der Waals surface area contributed by atoms with Crippen LogP contribution in [0.3, 0.4) is 0 Å². The van der Waals surface area contributed by atoms with Crippen LogP contribution in [0.25, 0.3) is 0 Å². The number of nitrogens with zero attached hydrogens (tertiary/aromatic N) is 1. The van der Waals surface area contributed by atoms with Crippen LogP contribution < -0.4 is 4.74 Å². The lowest BCUT2D eigenvalue weighted by atomic mass is 10.1. The van der Waals surface area contributed by atoms with Gasteiger partial charge in [0.1, 0.15) is 6.61 Å². The van der Waals surface area contributed by atoms with Crippen molar-refractivity contribution in [3.8, 4) is 5.75 Å². The van der Waals surface area contributed by atoms with Crippen LogP contribution in [0.5, 0.6) is 5.75 Å². The number of ketones is 1. The summed E-state index contributed by atoms with van der Waals surface area (Å²) in [5.74, 6) is -0.573. The van der Waals surface area contributed by atoms with E-state index in [9.17, 15) is 9.18 Å². The third-order valence-corrected chi connectivity index (χ3v) is 3.20. The predicted molar refractivity (Wildman–Crippen MR) is 67.6 cm³/mol. The van der Waals surface area contributed by atoms with Crippen molar-refractivity contribution in [2.75, 3.05) is 0 Å². The number of carbonyl (C=O) groups excluding carboxylic acids is 1. The van der Waals surface area contributed by atoms with Gasteiger partial charge in [0.05, 0.1) is 10.7 Å². The van der Waals surface area contributed by atoms with Crippen LogP contribution in [0, 0.1) is 12.7 Å². The molecule has 1 heterocycles. The van der Waals surface area contributed by atoms with Gasteiger partial charge in [0.25, 0.3) is 0 Å². The van der Waals surface area contributed by atoms with Crippen LogP contribution in [0.2, 0.25) is 0 Å². The zero-order valence-electron chi connectivity index (χ0n) is 10.1. The van der Waals surface area contributed by atoms with E-state index in [1.165, 1.54) is 30.4 Å². The van der Waals surface area contributed by atoms with Gasteiger partial charge in [-0.2, -0.15) is 0 Å². The largest absolute Gasteiger partial charge is 0.484 e. The van der Waals surface area contributed by atoms with E-state index in [0.717, 1.165) is 10.7 Å². The number of aryl methyl sites for hydroxylation is 1. The first kappa shape index (κ1) is 12.7. The topological polar surface area (TPSA) is 39.2 Å². The highest BCUT2D eigenvalue weighted by Crippen LogP contribution is 2.20. The third-order valence-electron chi connectivity index (χ3n) is 2.38. The summed E-state index contributed by atoms with van der Waals surface area (Å²) < 4.78 is 19.0. The van der Waals surface area contributed by atoms with Gasteiger partial charge in [0.15, 0.2) is 17.3 Å². The molecule has 1 aromatic heterocycles. The van der Waals surface area contributed by atoms with Crippen LogP contribution in [-0.2, 0) is 6.61 Å². The van der Waals surface area contributed by atoms with Gasteiger partial charge in [-0.3, -0.25) is 4.79 Å². The molecule has 0 unspecified atom stereocenters. The molecule has 0 radical (unpaired) electrons. The second-order valence-corrected chi connectivity index (χ2v) is 4.91. The number of hydrogen-bond donors (Lipinski definition) is 0. The molecular weight excluding hydrogens is 253 g/mol. The summed E-state index contributed by atoms with van der Waals surface area (Å²) in [6.07, 6.45) is 0. The minimum atomic E-state index is -0.533. The van der Waals surface area contributed by atoms with Gasteiger partial charge in [0.2, 0.25) is 0 Å². The molecule has 0 aliphatic rings. The molecule has 0 saturated carbocycles. The van der Waals surface area contributed by atoms with Crippen LogP contribution in [-0.4, -0.2) is 10.8 Å². The predicted octanol–water partition coefficient (Wildman–Crippen LogP) is 3.37. The maximum atomic E-state index is 13.6. The Balaban J connectivity index is 2.08. The summed E-state index contributed by atoms with van der Waals surface area (Å²) in [4.78, 5) is 15.3. The number of carbonyl (C=O) groups is 1. The Morgan fingerprint density at radius 2 is 2.28 bits per heavy atom. The lowest BCUT2D eigenvalue weighted by molar-refractivity contribution is 0.101. The molecule has 18 heavy (non-hydrogen) atoms. The molecular formula is C13H12FNO2S. The summed E-state index contributed by atoms with van der Waals surface area (Å²) >= 11 is 1.52. The highest BCUT2D eigenvalue weighted by Gasteiger charge is 2.08. The lowest BCUT2D eigenvalue weighted by Crippen LogP contribution is -2.00. The van der Waals surface area contributed by atoms with Crippen LogP contribution in [0.1, 0.15) is 28.0 Å². The second kappa shape index (κ2) is 5.27. The zero-order chi connectivity index (χ0) is 13.1. The van der Waals surface area contributed by atoms with E-state index in [-0.39, 0.29) is 18.1 Å². The first-order valence-electron chi connectivity index (χ1n) is 5.40. The van der Waals surface area contributed by atoms with Crippen LogP contribution in [0.15, 0.2) is 23.6 Å². The van der Waals surface area contributed by atoms with Gasteiger partial charge in [-0.15, -0.1) is 11.3 Å². The molecule has 2 aromatic rings. The van der Waals surface area contributed by atoms with Gasteiger partial charge in [-0.05, 0) is 32.0 Å². The van der Waals surface area contributed by atoms with Gasteiger partial charge in [0, 0.05) is 10.9 Å². The van der Waals surface area contributed by atoms with Gasteiger partial charge in [-0.25, -0.2) is 9.37 Å². The first-order chi connectivity index (χ1) is 8.56. The standard InChI is InChI=1S/C13H12FNO2S/c1-8(16)10-3-4-13(12(14)5-10)17-6-11-7-18-9(2)15-11/h3-5,7H,6H2,1-2H3. The summed E-state index contributed by atoms with van der Waals surface area (Å²) in [7, 11) is 0. The monoisotopic (exact) mass is 265 g/mol. The Morgan fingerprint density at radius 3 is 2.83 bits per heavy atom. The summed E-state index contributed by atoms with van der Waals surface area (Å²) in [5.41, 5.74) is 1.11. The summed E-state index contributed by atoms with van der Waals surface area (Å²) in [6.45, 7) is 3.52. The third kappa shape index (κ3) is 2.92. The first-order valence-corrected chi connectivity index (χ1v) is 6.28. The number of halogens is 1. The van der Waals surface area contributed by atoms with E-state index in [1.54, 1.807) is 6.07 Å². The molecule has 0 N–H and O–H groups in total. The number of aromatic nitrogens is 1. The molecule has 94 valence electrons. The summed E-state index contributed by atoms with van der Waals surface area (Å²) in [5, 5.41) is 2.82. The minimum Gasteiger partial charge on any atom is -0.484 e. The molecule has 0 aliphatic carbocycles. The lowest BCUT2D eigenvalue weighted by Gasteiger charge is -2.06. The van der Waals surface area contributed by atoms with Crippen molar-refractivity contribution in [1.82, 2.24) is 4.98 Å². The van der Waals surface area contributed by atoms with Crippen LogP contribution >= 0.6 is 11.3 Å².